The molecule has 2 aromatic rings. The fraction of sp³-hybridized carbons (Fsp3) is 0.455. The maximum absolute atomic E-state index is 13.2. The Kier molecular flexibility index (Phi) is 6.37. The molecule has 1 aromatic carbocycles. The Hall–Kier alpha value is -1.63. The average molecular weight is 467 g/mol. The van der Waals surface area contributed by atoms with Crippen LogP contribution in [0.2, 0.25) is 10.0 Å². The molecule has 2 unspecified atom stereocenters. The maximum Gasteiger partial charge on any atom is 0.272 e. The summed E-state index contributed by atoms with van der Waals surface area (Å²) in [6, 6.07) is 9.80. The van der Waals surface area contributed by atoms with Crippen molar-refractivity contribution in [2.75, 3.05) is 6.54 Å². The highest BCUT2D eigenvalue weighted by Crippen LogP contribution is 2.36. The number of aromatic nitrogens is 1. The molecule has 1 aromatic heterocycles. The van der Waals surface area contributed by atoms with Crippen LogP contribution in [-0.4, -0.2) is 36.8 Å². The number of hydrogen-bond acceptors (Lipinski definition) is 4. The molecule has 1 amide bonds. The van der Waals surface area contributed by atoms with E-state index in [9.17, 15) is 13.2 Å². The third-order valence-electron chi connectivity index (χ3n) is 6.10. The molecule has 8 heteroatoms. The summed E-state index contributed by atoms with van der Waals surface area (Å²) in [5.41, 5.74) is 0.591. The zero-order chi connectivity index (χ0) is 21.3. The molecule has 30 heavy (non-hydrogen) atoms. The van der Waals surface area contributed by atoms with Crippen LogP contribution in [0.15, 0.2) is 41.3 Å². The average Bonchev–Trinajstić information content (AvgIpc) is 2.72. The van der Waals surface area contributed by atoms with Crippen LogP contribution in [0.4, 0.5) is 0 Å². The summed E-state index contributed by atoms with van der Waals surface area (Å²) in [6.07, 6.45) is 6.79. The fourth-order valence-corrected chi connectivity index (χ4v) is 7.28. The second-order valence-electron chi connectivity index (χ2n) is 8.08. The van der Waals surface area contributed by atoms with Crippen LogP contribution in [-0.2, 0) is 15.6 Å². The van der Waals surface area contributed by atoms with Crippen LogP contribution in [0, 0.1) is 5.92 Å². The Morgan fingerprint density at radius 1 is 1.00 bits per heavy atom. The third-order valence-corrected chi connectivity index (χ3v) is 8.69. The van der Waals surface area contributed by atoms with E-state index >= 15 is 0 Å². The predicted octanol–water partition coefficient (Wildman–Crippen LogP) is 5.16. The van der Waals surface area contributed by atoms with E-state index in [2.05, 4.69) is 4.98 Å². The number of fused-ring (bicyclic) bond motifs is 1. The minimum atomic E-state index is -3.81. The summed E-state index contributed by atoms with van der Waals surface area (Å²) in [7, 11) is -3.81. The first-order valence-electron chi connectivity index (χ1n) is 10.3. The zero-order valence-corrected chi connectivity index (χ0v) is 18.9. The fourth-order valence-electron chi connectivity index (χ4n) is 4.75. The Bertz CT molecular complexity index is 1040. The first-order chi connectivity index (χ1) is 14.4. The van der Waals surface area contributed by atoms with Gasteiger partial charge in [0.2, 0.25) is 0 Å². The van der Waals surface area contributed by atoms with Gasteiger partial charge < -0.3 is 4.90 Å². The molecule has 4 rings (SSSR count). The summed E-state index contributed by atoms with van der Waals surface area (Å²) in [6.45, 7) is 0.736. The lowest BCUT2D eigenvalue weighted by Gasteiger charge is -2.44. The quantitative estimate of drug-likeness (QED) is 0.623. The normalized spacial score (nSPS) is 21.9. The summed E-state index contributed by atoms with van der Waals surface area (Å²) in [5.74, 6) is 0.0906. The number of hydrogen-bond donors (Lipinski definition) is 0. The van der Waals surface area contributed by atoms with E-state index in [0.29, 0.717) is 17.3 Å². The monoisotopic (exact) mass is 466 g/mol. The van der Waals surface area contributed by atoms with Crippen LogP contribution < -0.4 is 0 Å². The molecular formula is C22H24Cl2N2O3S. The lowest BCUT2D eigenvalue weighted by Crippen LogP contribution is -2.49. The SMILES string of the molecule is O=C(c1cccc(CS(=O)(=O)c2c(Cl)cccc2Cl)n1)N1CCCC2CCCCC21. The minimum absolute atomic E-state index is 0.0754. The highest BCUT2D eigenvalue weighted by molar-refractivity contribution is 7.90. The van der Waals surface area contributed by atoms with Gasteiger partial charge in [-0.1, -0.05) is 48.2 Å². The first kappa shape index (κ1) is 21.6. The van der Waals surface area contributed by atoms with Crippen molar-refractivity contribution in [2.24, 2.45) is 5.92 Å². The Labute approximate surface area is 187 Å². The van der Waals surface area contributed by atoms with E-state index < -0.39 is 9.84 Å². The molecule has 0 bridgehead atoms. The Balaban J connectivity index is 1.57. The van der Waals surface area contributed by atoms with Crippen molar-refractivity contribution in [2.45, 2.75) is 55.2 Å². The molecule has 2 atom stereocenters. The van der Waals surface area contributed by atoms with Gasteiger partial charge in [0.05, 0.1) is 21.5 Å². The zero-order valence-electron chi connectivity index (χ0n) is 16.6. The number of likely N-dealkylation sites (tertiary alicyclic amines) is 1. The number of nitrogens with zero attached hydrogens (tertiary/aromatic N) is 2. The number of carbonyl (C=O) groups excluding carboxylic acids is 1. The van der Waals surface area contributed by atoms with Gasteiger partial charge in [-0.05, 0) is 55.9 Å². The molecule has 2 heterocycles. The Morgan fingerprint density at radius 2 is 1.67 bits per heavy atom. The molecular weight excluding hydrogens is 443 g/mol. The van der Waals surface area contributed by atoms with Gasteiger partial charge in [-0.25, -0.2) is 13.4 Å². The van der Waals surface area contributed by atoms with E-state index in [1.54, 1.807) is 24.3 Å². The lowest BCUT2D eigenvalue weighted by molar-refractivity contribution is 0.0385. The van der Waals surface area contributed by atoms with E-state index in [0.717, 1.165) is 25.8 Å². The van der Waals surface area contributed by atoms with Gasteiger partial charge in [0.15, 0.2) is 9.84 Å². The van der Waals surface area contributed by atoms with Crippen molar-refractivity contribution in [3.8, 4) is 0 Å². The number of carbonyl (C=O) groups is 1. The van der Waals surface area contributed by atoms with Gasteiger partial charge in [0.1, 0.15) is 10.6 Å². The van der Waals surface area contributed by atoms with Crippen molar-refractivity contribution in [1.29, 1.82) is 0 Å². The predicted molar refractivity (Wildman–Crippen MR) is 118 cm³/mol. The maximum atomic E-state index is 13.2. The molecule has 0 spiro atoms. The summed E-state index contributed by atoms with van der Waals surface area (Å²) in [4.78, 5) is 19.5. The van der Waals surface area contributed by atoms with Crippen molar-refractivity contribution < 1.29 is 13.2 Å². The van der Waals surface area contributed by atoms with Gasteiger partial charge in [0.25, 0.3) is 5.91 Å². The number of piperidine rings is 1. The number of sulfone groups is 1. The van der Waals surface area contributed by atoms with Gasteiger partial charge >= 0.3 is 0 Å². The molecule has 1 aliphatic heterocycles. The van der Waals surface area contributed by atoms with Crippen molar-refractivity contribution >= 4 is 38.9 Å². The van der Waals surface area contributed by atoms with Gasteiger partial charge in [-0.2, -0.15) is 0 Å². The highest BCUT2D eigenvalue weighted by Gasteiger charge is 2.36. The second kappa shape index (κ2) is 8.85. The van der Waals surface area contributed by atoms with Crippen LogP contribution in [0.25, 0.3) is 0 Å². The van der Waals surface area contributed by atoms with Gasteiger partial charge in [0, 0.05) is 12.6 Å². The first-order valence-corrected chi connectivity index (χ1v) is 12.7. The number of amides is 1. The smallest absolute Gasteiger partial charge is 0.272 e. The van der Waals surface area contributed by atoms with E-state index in [-0.39, 0.29) is 32.6 Å². The van der Waals surface area contributed by atoms with E-state index in [4.69, 9.17) is 23.2 Å². The van der Waals surface area contributed by atoms with E-state index in [1.807, 2.05) is 4.90 Å². The molecule has 160 valence electrons. The summed E-state index contributed by atoms with van der Waals surface area (Å²) >= 11 is 12.2. The number of rotatable bonds is 4. The molecule has 2 fully saturated rings. The van der Waals surface area contributed by atoms with Crippen molar-refractivity contribution in [3.63, 3.8) is 0 Å². The molecule has 2 aliphatic rings. The second-order valence-corrected chi connectivity index (χ2v) is 10.8. The molecule has 5 nitrogen and oxygen atoms in total. The molecule has 0 radical (unpaired) electrons. The number of benzene rings is 1. The van der Waals surface area contributed by atoms with Crippen LogP contribution in [0.5, 0.6) is 0 Å². The van der Waals surface area contributed by atoms with Crippen LogP contribution in [0.1, 0.15) is 54.7 Å². The molecule has 1 aliphatic carbocycles. The van der Waals surface area contributed by atoms with Crippen LogP contribution in [0.3, 0.4) is 0 Å². The van der Waals surface area contributed by atoms with Crippen molar-refractivity contribution in [3.05, 3.63) is 57.8 Å². The Morgan fingerprint density at radius 3 is 2.43 bits per heavy atom. The number of halogens is 2. The number of pyridine rings is 1. The topological polar surface area (TPSA) is 67.3 Å². The molecule has 1 saturated carbocycles. The minimum Gasteiger partial charge on any atom is -0.334 e. The van der Waals surface area contributed by atoms with E-state index in [1.165, 1.54) is 31.4 Å². The standard InChI is InChI=1S/C22H24Cl2N2O3S/c23-17-9-4-10-18(24)21(17)30(28,29)14-16-8-3-11-19(25-16)22(27)26-13-5-7-15-6-1-2-12-20(15)26/h3-4,8-11,15,20H,1-2,5-7,12-14H2. The summed E-state index contributed by atoms with van der Waals surface area (Å²) < 4.78 is 25.8. The van der Waals surface area contributed by atoms with Crippen molar-refractivity contribution in [1.82, 2.24) is 9.88 Å². The highest BCUT2D eigenvalue weighted by atomic mass is 35.5. The molecule has 0 N–H and O–H groups in total. The largest absolute Gasteiger partial charge is 0.334 e. The van der Waals surface area contributed by atoms with Crippen LogP contribution >= 0.6 is 23.2 Å². The van der Waals surface area contributed by atoms with Gasteiger partial charge in [-0.3, -0.25) is 4.79 Å². The lowest BCUT2D eigenvalue weighted by atomic mass is 9.78. The third kappa shape index (κ3) is 4.36. The summed E-state index contributed by atoms with van der Waals surface area (Å²) in [5, 5.41) is 0.151. The molecule has 1 saturated heterocycles. The van der Waals surface area contributed by atoms with Gasteiger partial charge in [-0.15, -0.1) is 0 Å².